The Morgan fingerprint density at radius 3 is 1.89 bits per heavy atom. The molecule has 3 fully saturated rings. The maximum absolute atomic E-state index is 11.5. The molecule has 162 valence electrons. The molecule has 1 N–H and O–H groups in total. The van der Waals surface area contributed by atoms with Crippen molar-refractivity contribution in [2.24, 2.45) is 4.99 Å². The summed E-state index contributed by atoms with van der Waals surface area (Å²) in [7, 11) is 0. The molecule has 2 spiro atoms. The zero-order chi connectivity index (χ0) is 20.3. The number of hydrogen-bond acceptors (Lipinski definition) is 4. The van der Waals surface area contributed by atoms with Gasteiger partial charge in [0.05, 0.1) is 18.2 Å². The first kappa shape index (κ1) is 22.2. The second-order valence-electron chi connectivity index (χ2n) is 10.7. The third-order valence-electron chi connectivity index (χ3n) is 7.40. The van der Waals surface area contributed by atoms with Gasteiger partial charge in [0.2, 0.25) is 0 Å². The maximum atomic E-state index is 11.5. The molecule has 1 heterocycles. The molecular weight excluding hydrogens is 348 g/mol. The van der Waals surface area contributed by atoms with Crippen molar-refractivity contribution in [1.82, 2.24) is 5.06 Å². The lowest BCUT2D eigenvalue weighted by molar-refractivity contribution is -0.279. The normalized spacial score (nSPS) is 28.8. The van der Waals surface area contributed by atoms with Gasteiger partial charge in [-0.1, -0.05) is 45.4 Å². The third kappa shape index (κ3) is 5.17. The lowest BCUT2D eigenvalue weighted by atomic mass is 9.65. The molecule has 0 radical (unpaired) electrons. The van der Waals surface area contributed by atoms with Crippen LogP contribution in [0.15, 0.2) is 4.99 Å². The first-order chi connectivity index (χ1) is 13.3. The summed E-state index contributed by atoms with van der Waals surface area (Å²) < 4.78 is 5.96. The van der Waals surface area contributed by atoms with Gasteiger partial charge >= 0.3 is 0 Å². The van der Waals surface area contributed by atoms with Gasteiger partial charge in [-0.15, -0.1) is 0 Å². The summed E-state index contributed by atoms with van der Waals surface area (Å²) >= 11 is 0. The van der Waals surface area contributed by atoms with E-state index >= 15 is 0 Å². The van der Waals surface area contributed by atoms with Crippen molar-refractivity contribution in [2.45, 2.75) is 140 Å². The molecule has 28 heavy (non-hydrogen) atoms. The molecule has 0 aromatic heterocycles. The van der Waals surface area contributed by atoms with Gasteiger partial charge in [-0.05, 0) is 65.7 Å². The van der Waals surface area contributed by atoms with Crippen LogP contribution in [0.5, 0.6) is 0 Å². The minimum Gasteiger partial charge on any atom is -0.375 e. The van der Waals surface area contributed by atoms with Crippen molar-refractivity contribution in [3.63, 3.8) is 0 Å². The molecule has 0 bridgehead atoms. The number of nitrogens with zero attached hydrogens (tertiary/aromatic N) is 2. The van der Waals surface area contributed by atoms with E-state index in [2.05, 4.69) is 27.7 Å². The van der Waals surface area contributed by atoms with Crippen LogP contribution in [0.2, 0.25) is 0 Å². The molecule has 2 saturated carbocycles. The molecule has 0 atom stereocenters. The first-order valence-electron chi connectivity index (χ1n) is 12.0. The van der Waals surface area contributed by atoms with E-state index in [1.54, 1.807) is 0 Å². The average molecular weight is 393 g/mol. The highest BCUT2D eigenvalue weighted by atomic mass is 16.5. The molecule has 3 aliphatic rings. The standard InChI is InChI=1S/C24H44N2O2/c1-5-20(12-17-28-22(2,3)4)25-21-18-23(13-8-6-9-14-23)26(27)24(19-21)15-10-7-11-16-24/h21,27H,5-19H2,1-4H3. The minimum absolute atomic E-state index is 0.0250. The fourth-order valence-electron chi connectivity index (χ4n) is 6.03. The molecule has 1 aliphatic heterocycles. The van der Waals surface area contributed by atoms with Crippen molar-refractivity contribution >= 4 is 5.71 Å². The van der Waals surface area contributed by atoms with Crippen molar-refractivity contribution < 1.29 is 9.94 Å². The Balaban J connectivity index is 1.77. The van der Waals surface area contributed by atoms with Gasteiger partial charge in [0.1, 0.15) is 0 Å². The molecule has 2 aliphatic carbocycles. The molecule has 3 rings (SSSR count). The summed E-state index contributed by atoms with van der Waals surface area (Å²) in [6.45, 7) is 9.33. The predicted octanol–water partition coefficient (Wildman–Crippen LogP) is 6.30. The van der Waals surface area contributed by atoms with E-state index in [-0.39, 0.29) is 16.7 Å². The lowest BCUT2D eigenvalue weighted by Crippen LogP contribution is -2.66. The van der Waals surface area contributed by atoms with E-state index in [4.69, 9.17) is 9.73 Å². The van der Waals surface area contributed by atoms with E-state index < -0.39 is 0 Å². The fourth-order valence-corrected chi connectivity index (χ4v) is 6.03. The Morgan fingerprint density at radius 1 is 0.964 bits per heavy atom. The number of aliphatic imine (C=N–C) groups is 1. The van der Waals surface area contributed by atoms with Gasteiger partial charge in [0.15, 0.2) is 0 Å². The molecule has 0 amide bonds. The number of rotatable bonds is 5. The quantitative estimate of drug-likeness (QED) is 0.558. The monoisotopic (exact) mass is 392 g/mol. The van der Waals surface area contributed by atoms with E-state index in [1.807, 2.05) is 5.06 Å². The summed E-state index contributed by atoms with van der Waals surface area (Å²) in [4.78, 5) is 5.31. The summed E-state index contributed by atoms with van der Waals surface area (Å²) in [6, 6.07) is 0.365. The van der Waals surface area contributed by atoms with Crippen LogP contribution in [0.4, 0.5) is 0 Å². The highest BCUT2D eigenvalue weighted by Gasteiger charge is 2.54. The van der Waals surface area contributed by atoms with Gasteiger partial charge in [-0.25, -0.2) is 0 Å². The predicted molar refractivity (Wildman–Crippen MR) is 116 cm³/mol. The van der Waals surface area contributed by atoms with Crippen molar-refractivity contribution in [3.8, 4) is 0 Å². The Kier molecular flexibility index (Phi) is 7.26. The Morgan fingerprint density at radius 2 is 1.46 bits per heavy atom. The third-order valence-corrected chi connectivity index (χ3v) is 7.40. The molecule has 0 unspecified atom stereocenters. The largest absolute Gasteiger partial charge is 0.375 e. The van der Waals surface area contributed by atoms with E-state index in [9.17, 15) is 5.21 Å². The van der Waals surface area contributed by atoms with Gasteiger partial charge in [-0.3, -0.25) is 4.99 Å². The zero-order valence-electron chi connectivity index (χ0n) is 18.9. The molecule has 4 nitrogen and oxygen atoms in total. The van der Waals surface area contributed by atoms with Crippen LogP contribution in [-0.2, 0) is 4.74 Å². The molecule has 4 heteroatoms. The fraction of sp³-hybridized carbons (Fsp3) is 0.958. The van der Waals surface area contributed by atoms with Crippen LogP contribution < -0.4 is 0 Å². The molecule has 0 aromatic carbocycles. The molecule has 1 saturated heterocycles. The van der Waals surface area contributed by atoms with Crippen LogP contribution in [0.3, 0.4) is 0 Å². The highest BCUT2D eigenvalue weighted by Crippen LogP contribution is 2.51. The maximum Gasteiger partial charge on any atom is 0.0598 e. The number of hydroxylamine groups is 2. The molecule has 0 aromatic rings. The average Bonchev–Trinajstić information content (AvgIpc) is 2.66. The van der Waals surface area contributed by atoms with Crippen molar-refractivity contribution in [1.29, 1.82) is 0 Å². The molecular formula is C24H44N2O2. The lowest BCUT2D eigenvalue weighted by Gasteiger charge is -2.58. The SMILES string of the molecule is CCC(CCOC(C)(C)C)=NC1CC2(CCCCC2)N(O)C2(CCCCC2)C1. The first-order valence-corrected chi connectivity index (χ1v) is 12.0. The van der Waals surface area contributed by atoms with Crippen LogP contribution >= 0.6 is 0 Å². The van der Waals surface area contributed by atoms with Gasteiger partial charge in [-0.2, -0.15) is 5.06 Å². The van der Waals surface area contributed by atoms with Crippen molar-refractivity contribution in [2.75, 3.05) is 6.61 Å². The van der Waals surface area contributed by atoms with E-state index in [0.29, 0.717) is 6.04 Å². The zero-order valence-corrected chi connectivity index (χ0v) is 18.9. The van der Waals surface area contributed by atoms with E-state index in [1.165, 1.54) is 44.2 Å². The van der Waals surface area contributed by atoms with Gasteiger partial charge < -0.3 is 9.94 Å². The van der Waals surface area contributed by atoms with Gasteiger partial charge in [0.25, 0.3) is 0 Å². The smallest absolute Gasteiger partial charge is 0.0598 e. The second kappa shape index (κ2) is 9.14. The summed E-state index contributed by atoms with van der Waals surface area (Å²) in [5.41, 5.74) is 1.17. The number of ether oxygens (including phenoxy) is 1. The second-order valence-corrected chi connectivity index (χ2v) is 10.7. The van der Waals surface area contributed by atoms with Crippen LogP contribution in [0.25, 0.3) is 0 Å². The summed E-state index contributed by atoms with van der Waals surface area (Å²) in [5, 5.41) is 13.4. The minimum atomic E-state index is -0.0839. The highest BCUT2D eigenvalue weighted by molar-refractivity contribution is 5.84. The van der Waals surface area contributed by atoms with Gasteiger partial charge in [0, 0.05) is 23.2 Å². The van der Waals surface area contributed by atoms with Crippen LogP contribution in [0.1, 0.15) is 118 Å². The van der Waals surface area contributed by atoms with Crippen molar-refractivity contribution in [3.05, 3.63) is 0 Å². The van der Waals surface area contributed by atoms with Crippen LogP contribution in [0, 0.1) is 0 Å². The Labute approximate surface area is 173 Å². The Bertz CT molecular complexity index is 497. The van der Waals surface area contributed by atoms with Crippen LogP contribution in [-0.4, -0.2) is 45.3 Å². The van der Waals surface area contributed by atoms with E-state index in [0.717, 1.165) is 58.0 Å². The summed E-state index contributed by atoms with van der Waals surface area (Å²) in [5.74, 6) is 0. The Hall–Kier alpha value is -0.450. The summed E-state index contributed by atoms with van der Waals surface area (Å²) in [6.07, 6.45) is 16.3. The number of piperidine rings is 1. The topological polar surface area (TPSA) is 45.1 Å². The number of hydrogen-bond donors (Lipinski definition) is 1.